The summed E-state index contributed by atoms with van der Waals surface area (Å²) in [6.45, 7) is 5.44. The molecule has 3 heterocycles. The number of nitrogens with zero attached hydrogens (tertiary/aromatic N) is 2. The first kappa shape index (κ1) is 13.6. The smallest absolute Gasteiger partial charge is 0.0519 e. The minimum atomic E-state index is 0.584. The molecule has 1 aliphatic heterocycles. The van der Waals surface area contributed by atoms with Crippen LogP contribution in [0, 0.1) is 6.92 Å². The topological polar surface area (TPSA) is 47.7 Å². The highest BCUT2D eigenvalue weighted by molar-refractivity contribution is 5.80. The highest BCUT2D eigenvalue weighted by atomic mass is 15.2. The first-order chi connectivity index (χ1) is 10.8. The Balaban J connectivity index is 1.49. The maximum Gasteiger partial charge on any atom is 0.0519 e. The van der Waals surface area contributed by atoms with Gasteiger partial charge >= 0.3 is 0 Å². The standard InChI is InChI=1S/C18H22N4/c1-13-10-19-21-18(13)15-6-4-8-22(11-15)12-16-9-14-5-2-3-7-17(14)20-16/h2-3,5,7,9-10,15,20H,4,6,8,11-12H2,1H3,(H,19,21). The van der Waals surface area contributed by atoms with Crippen molar-refractivity contribution in [3.05, 3.63) is 53.5 Å². The Hall–Kier alpha value is -2.07. The molecule has 22 heavy (non-hydrogen) atoms. The zero-order valence-electron chi connectivity index (χ0n) is 13.0. The molecule has 0 radical (unpaired) electrons. The van der Waals surface area contributed by atoms with Crippen LogP contribution in [-0.4, -0.2) is 33.2 Å². The van der Waals surface area contributed by atoms with Gasteiger partial charge in [0, 0.05) is 35.9 Å². The Bertz CT molecular complexity index is 737. The van der Waals surface area contributed by atoms with Gasteiger partial charge in [-0.1, -0.05) is 18.2 Å². The highest BCUT2D eigenvalue weighted by Crippen LogP contribution is 2.28. The zero-order valence-corrected chi connectivity index (χ0v) is 13.0. The van der Waals surface area contributed by atoms with Crippen LogP contribution in [0.2, 0.25) is 0 Å². The van der Waals surface area contributed by atoms with Crippen LogP contribution in [0.25, 0.3) is 10.9 Å². The molecule has 1 fully saturated rings. The third kappa shape index (κ3) is 2.55. The molecule has 1 aromatic carbocycles. The number of aryl methyl sites for hydroxylation is 1. The maximum absolute atomic E-state index is 4.19. The molecule has 0 bridgehead atoms. The van der Waals surface area contributed by atoms with E-state index < -0.39 is 0 Å². The van der Waals surface area contributed by atoms with Gasteiger partial charge in [0.1, 0.15) is 0 Å². The first-order valence-corrected chi connectivity index (χ1v) is 8.08. The van der Waals surface area contributed by atoms with Crippen LogP contribution in [0.4, 0.5) is 0 Å². The van der Waals surface area contributed by atoms with Crippen LogP contribution in [0.15, 0.2) is 36.5 Å². The van der Waals surface area contributed by atoms with Crippen molar-refractivity contribution in [2.24, 2.45) is 0 Å². The third-order valence-corrected chi connectivity index (χ3v) is 4.76. The fraction of sp³-hybridized carbons (Fsp3) is 0.389. The Morgan fingerprint density at radius 3 is 3.05 bits per heavy atom. The Morgan fingerprint density at radius 2 is 2.23 bits per heavy atom. The van der Waals surface area contributed by atoms with E-state index in [0.717, 1.165) is 13.1 Å². The molecule has 0 aliphatic carbocycles. The Labute approximate surface area is 130 Å². The average Bonchev–Trinajstić information content (AvgIpc) is 3.12. The molecule has 1 unspecified atom stereocenters. The monoisotopic (exact) mass is 294 g/mol. The third-order valence-electron chi connectivity index (χ3n) is 4.76. The summed E-state index contributed by atoms with van der Waals surface area (Å²) in [4.78, 5) is 6.10. The number of benzene rings is 1. The van der Waals surface area contributed by atoms with Crippen LogP contribution in [-0.2, 0) is 6.54 Å². The lowest BCUT2D eigenvalue weighted by Gasteiger charge is -2.32. The van der Waals surface area contributed by atoms with Crippen molar-refractivity contribution < 1.29 is 0 Å². The summed E-state index contributed by atoms with van der Waals surface area (Å²) < 4.78 is 0. The maximum atomic E-state index is 4.19. The quantitative estimate of drug-likeness (QED) is 0.775. The van der Waals surface area contributed by atoms with E-state index in [-0.39, 0.29) is 0 Å². The number of H-pyrrole nitrogens is 2. The van der Waals surface area contributed by atoms with Gasteiger partial charge in [-0.25, -0.2) is 0 Å². The van der Waals surface area contributed by atoms with Crippen LogP contribution in [0.1, 0.15) is 35.7 Å². The number of fused-ring (bicyclic) bond motifs is 1. The van der Waals surface area contributed by atoms with Crippen molar-refractivity contribution >= 4 is 10.9 Å². The number of hydrogen-bond acceptors (Lipinski definition) is 2. The zero-order chi connectivity index (χ0) is 14.9. The predicted octanol–water partition coefficient (Wildman–Crippen LogP) is 3.58. The van der Waals surface area contributed by atoms with E-state index in [9.17, 15) is 0 Å². The molecule has 114 valence electrons. The second-order valence-corrected chi connectivity index (χ2v) is 6.42. The molecule has 0 amide bonds. The summed E-state index contributed by atoms with van der Waals surface area (Å²) >= 11 is 0. The summed E-state index contributed by atoms with van der Waals surface area (Å²) in [7, 11) is 0. The molecule has 0 saturated carbocycles. The highest BCUT2D eigenvalue weighted by Gasteiger charge is 2.24. The van der Waals surface area contributed by atoms with Crippen molar-refractivity contribution in [3.8, 4) is 0 Å². The van der Waals surface area contributed by atoms with Crippen molar-refractivity contribution in [2.75, 3.05) is 13.1 Å². The van der Waals surface area contributed by atoms with Crippen molar-refractivity contribution in [3.63, 3.8) is 0 Å². The van der Waals surface area contributed by atoms with E-state index in [1.54, 1.807) is 0 Å². The molecule has 1 aliphatic rings. The lowest BCUT2D eigenvalue weighted by Crippen LogP contribution is -2.34. The van der Waals surface area contributed by atoms with Gasteiger partial charge in [-0.05, 0) is 49.4 Å². The van der Waals surface area contributed by atoms with E-state index in [4.69, 9.17) is 0 Å². The predicted molar refractivity (Wildman–Crippen MR) is 88.9 cm³/mol. The van der Waals surface area contributed by atoms with Gasteiger partial charge in [-0.15, -0.1) is 0 Å². The lowest BCUT2D eigenvalue weighted by molar-refractivity contribution is 0.196. The molecule has 2 N–H and O–H groups in total. The Morgan fingerprint density at radius 1 is 1.32 bits per heavy atom. The second-order valence-electron chi connectivity index (χ2n) is 6.42. The van der Waals surface area contributed by atoms with Gasteiger partial charge in [-0.3, -0.25) is 10.00 Å². The lowest BCUT2D eigenvalue weighted by atomic mass is 9.93. The van der Waals surface area contributed by atoms with Crippen molar-refractivity contribution in [1.82, 2.24) is 20.1 Å². The molecule has 1 saturated heterocycles. The largest absolute Gasteiger partial charge is 0.357 e. The Kier molecular flexibility index (Phi) is 3.47. The van der Waals surface area contributed by atoms with Crippen molar-refractivity contribution in [1.29, 1.82) is 0 Å². The molecule has 4 heteroatoms. The average molecular weight is 294 g/mol. The van der Waals surface area contributed by atoms with Gasteiger partial charge in [0.15, 0.2) is 0 Å². The van der Waals surface area contributed by atoms with E-state index in [1.807, 2.05) is 6.20 Å². The van der Waals surface area contributed by atoms with Gasteiger partial charge in [0.25, 0.3) is 0 Å². The molecule has 4 nitrogen and oxygen atoms in total. The number of nitrogens with one attached hydrogen (secondary N) is 2. The number of rotatable bonds is 3. The summed E-state index contributed by atoms with van der Waals surface area (Å²) in [6.07, 6.45) is 4.45. The fourth-order valence-electron chi connectivity index (χ4n) is 3.66. The number of para-hydroxylation sites is 1. The fourth-order valence-corrected chi connectivity index (χ4v) is 3.66. The SMILES string of the molecule is Cc1cn[nH]c1C1CCCN(Cc2cc3ccccc3[nH]2)C1. The van der Waals surface area contributed by atoms with Gasteiger partial charge in [-0.2, -0.15) is 5.10 Å². The first-order valence-electron chi connectivity index (χ1n) is 8.08. The number of aromatic nitrogens is 3. The van der Waals surface area contributed by atoms with E-state index in [0.29, 0.717) is 5.92 Å². The van der Waals surface area contributed by atoms with Crippen LogP contribution in [0.5, 0.6) is 0 Å². The number of likely N-dealkylation sites (tertiary alicyclic amines) is 1. The van der Waals surface area contributed by atoms with Crippen molar-refractivity contribution in [2.45, 2.75) is 32.2 Å². The minimum Gasteiger partial charge on any atom is -0.357 e. The molecule has 0 spiro atoms. The summed E-state index contributed by atoms with van der Waals surface area (Å²) in [5, 5.41) is 8.68. The summed E-state index contributed by atoms with van der Waals surface area (Å²) in [5.74, 6) is 0.584. The second kappa shape index (κ2) is 5.61. The molecular formula is C18H22N4. The van der Waals surface area contributed by atoms with Gasteiger partial charge < -0.3 is 4.98 Å². The van der Waals surface area contributed by atoms with Crippen LogP contribution < -0.4 is 0 Å². The molecule has 1 atom stereocenters. The van der Waals surface area contributed by atoms with E-state index >= 15 is 0 Å². The number of aromatic amines is 2. The number of hydrogen-bond donors (Lipinski definition) is 2. The summed E-state index contributed by atoms with van der Waals surface area (Å²) in [5.41, 5.74) is 5.15. The molecular weight excluding hydrogens is 272 g/mol. The van der Waals surface area contributed by atoms with Gasteiger partial charge in [0.2, 0.25) is 0 Å². The molecule has 3 aromatic rings. The van der Waals surface area contributed by atoms with Gasteiger partial charge in [0.05, 0.1) is 6.20 Å². The van der Waals surface area contributed by atoms with Crippen LogP contribution >= 0.6 is 0 Å². The number of piperidine rings is 1. The summed E-state index contributed by atoms with van der Waals surface area (Å²) in [6, 6.07) is 10.8. The van der Waals surface area contributed by atoms with Crippen LogP contribution in [0.3, 0.4) is 0 Å². The molecule has 4 rings (SSSR count). The minimum absolute atomic E-state index is 0.584. The normalized spacial score (nSPS) is 19.8. The molecule has 2 aromatic heterocycles. The van der Waals surface area contributed by atoms with E-state index in [1.165, 1.54) is 47.2 Å². The van der Waals surface area contributed by atoms with E-state index in [2.05, 4.69) is 57.3 Å².